The van der Waals surface area contributed by atoms with Gasteiger partial charge in [0, 0.05) is 13.5 Å². The molecule has 0 saturated carbocycles. The number of nitrogens with zero attached hydrogens (tertiary/aromatic N) is 2. The van der Waals surface area contributed by atoms with E-state index in [9.17, 15) is 0 Å². The zero-order valence-electron chi connectivity index (χ0n) is 8.91. The SMILES string of the molecule is CCC(NC)c1nnc(CCOC)s1. The van der Waals surface area contributed by atoms with Gasteiger partial charge in [-0.15, -0.1) is 10.2 Å². The molecule has 0 aromatic carbocycles. The van der Waals surface area contributed by atoms with Crippen molar-refractivity contribution in [1.82, 2.24) is 15.5 Å². The first-order valence-electron chi connectivity index (χ1n) is 4.80. The lowest BCUT2D eigenvalue weighted by molar-refractivity contribution is 0.202. The van der Waals surface area contributed by atoms with Crippen molar-refractivity contribution in [3.63, 3.8) is 0 Å². The molecule has 1 heterocycles. The van der Waals surface area contributed by atoms with Crippen molar-refractivity contribution in [2.75, 3.05) is 20.8 Å². The molecule has 1 unspecified atom stereocenters. The summed E-state index contributed by atoms with van der Waals surface area (Å²) >= 11 is 1.67. The molecule has 0 spiro atoms. The Morgan fingerprint density at radius 1 is 1.50 bits per heavy atom. The van der Waals surface area contributed by atoms with Crippen LogP contribution in [0.4, 0.5) is 0 Å². The summed E-state index contributed by atoms with van der Waals surface area (Å²) in [5.74, 6) is 0. The lowest BCUT2D eigenvalue weighted by Crippen LogP contribution is -2.14. The van der Waals surface area contributed by atoms with Gasteiger partial charge in [-0.1, -0.05) is 18.3 Å². The minimum Gasteiger partial charge on any atom is -0.384 e. The molecule has 1 aromatic heterocycles. The average Bonchev–Trinajstić information content (AvgIpc) is 2.65. The van der Waals surface area contributed by atoms with Gasteiger partial charge in [-0.05, 0) is 13.5 Å². The number of ether oxygens (including phenoxy) is 1. The number of methoxy groups -OCH3 is 1. The highest BCUT2D eigenvalue weighted by atomic mass is 32.1. The standard InChI is InChI=1S/C9H17N3OS/c1-4-7(10-2)9-12-11-8(14-9)5-6-13-3/h7,10H,4-6H2,1-3H3. The normalized spacial score (nSPS) is 13.1. The minimum absolute atomic E-state index is 0.337. The van der Waals surface area contributed by atoms with Crippen LogP contribution < -0.4 is 5.32 Å². The summed E-state index contributed by atoms with van der Waals surface area (Å²) in [5, 5.41) is 13.6. The molecule has 0 saturated heterocycles. The van der Waals surface area contributed by atoms with Crippen molar-refractivity contribution in [1.29, 1.82) is 0 Å². The van der Waals surface area contributed by atoms with Crippen LogP contribution in [0, 0.1) is 0 Å². The second kappa shape index (κ2) is 6.06. The molecule has 0 aliphatic heterocycles. The Morgan fingerprint density at radius 3 is 2.86 bits per heavy atom. The van der Waals surface area contributed by atoms with Gasteiger partial charge < -0.3 is 10.1 Å². The summed E-state index contributed by atoms with van der Waals surface area (Å²) in [5.41, 5.74) is 0. The van der Waals surface area contributed by atoms with E-state index in [2.05, 4.69) is 22.4 Å². The van der Waals surface area contributed by atoms with Gasteiger partial charge in [0.05, 0.1) is 12.6 Å². The third-order valence-electron chi connectivity index (χ3n) is 2.06. The van der Waals surface area contributed by atoms with E-state index in [-0.39, 0.29) is 0 Å². The Labute approximate surface area is 88.7 Å². The third-order valence-corrected chi connectivity index (χ3v) is 3.15. The Kier molecular flexibility index (Phi) is 5.00. The van der Waals surface area contributed by atoms with E-state index in [1.54, 1.807) is 18.4 Å². The van der Waals surface area contributed by atoms with Gasteiger partial charge >= 0.3 is 0 Å². The molecule has 1 rings (SSSR count). The fourth-order valence-electron chi connectivity index (χ4n) is 1.20. The van der Waals surface area contributed by atoms with Crippen LogP contribution in [0.15, 0.2) is 0 Å². The van der Waals surface area contributed by atoms with Crippen LogP contribution in [-0.2, 0) is 11.2 Å². The molecule has 0 fully saturated rings. The maximum absolute atomic E-state index is 4.99. The quantitative estimate of drug-likeness (QED) is 0.779. The predicted molar refractivity (Wildman–Crippen MR) is 57.6 cm³/mol. The van der Waals surface area contributed by atoms with E-state index in [1.165, 1.54) is 0 Å². The van der Waals surface area contributed by atoms with Gasteiger partial charge in [-0.25, -0.2) is 0 Å². The number of hydrogen-bond donors (Lipinski definition) is 1. The Balaban J connectivity index is 2.57. The molecule has 0 aliphatic carbocycles. The largest absolute Gasteiger partial charge is 0.384 e. The first kappa shape index (κ1) is 11.6. The molecule has 80 valence electrons. The Hall–Kier alpha value is -0.520. The van der Waals surface area contributed by atoms with E-state index in [1.807, 2.05) is 7.05 Å². The van der Waals surface area contributed by atoms with Gasteiger partial charge in [-0.2, -0.15) is 0 Å². The average molecular weight is 215 g/mol. The zero-order chi connectivity index (χ0) is 10.4. The second-order valence-corrected chi connectivity index (χ2v) is 4.12. The lowest BCUT2D eigenvalue weighted by atomic mass is 10.2. The molecular formula is C9H17N3OS. The maximum Gasteiger partial charge on any atom is 0.134 e. The molecule has 0 amide bonds. The van der Waals surface area contributed by atoms with E-state index in [0.29, 0.717) is 12.6 Å². The van der Waals surface area contributed by atoms with Crippen LogP contribution in [-0.4, -0.2) is 31.0 Å². The molecular weight excluding hydrogens is 198 g/mol. The van der Waals surface area contributed by atoms with Crippen molar-refractivity contribution in [3.05, 3.63) is 10.0 Å². The molecule has 1 aromatic rings. The Morgan fingerprint density at radius 2 is 2.29 bits per heavy atom. The van der Waals surface area contributed by atoms with Gasteiger partial charge in [0.15, 0.2) is 0 Å². The number of hydrogen-bond acceptors (Lipinski definition) is 5. The summed E-state index contributed by atoms with van der Waals surface area (Å²) in [7, 11) is 3.65. The summed E-state index contributed by atoms with van der Waals surface area (Å²) in [6.45, 7) is 2.85. The second-order valence-electron chi connectivity index (χ2n) is 3.03. The lowest BCUT2D eigenvalue weighted by Gasteiger charge is -2.07. The Bertz CT molecular complexity index is 260. The fourth-order valence-corrected chi connectivity index (χ4v) is 2.22. The number of nitrogens with one attached hydrogen (secondary N) is 1. The van der Waals surface area contributed by atoms with E-state index in [0.717, 1.165) is 22.9 Å². The summed E-state index contributed by atoms with van der Waals surface area (Å²) in [4.78, 5) is 0. The first-order valence-corrected chi connectivity index (χ1v) is 5.62. The van der Waals surface area contributed by atoms with E-state index < -0.39 is 0 Å². The van der Waals surface area contributed by atoms with E-state index >= 15 is 0 Å². The van der Waals surface area contributed by atoms with Crippen molar-refractivity contribution in [2.24, 2.45) is 0 Å². The molecule has 0 aliphatic rings. The zero-order valence-corrected chi connectivity index (χ0v) is 9.73. The van der Waals surface area contributed by atoms with Crippen LogP contribution >= 0.6 is 11.3 Å². The smallest absolute Gasteiger partial charge is 0.134 e. The highest BCUT2D eigenvalue weighted by Gasteiger charge is 2.12. The number of aromatic nitrogens is 2. The van der Waals surface area contributed by atoms with Gasteiger partial charge in [0.2, 0.25) is 0 Å². The predicted octanol–water partition coefficient (Wildman–Crippen LogP) is 1.40. The minimum atomic E-state index is 0.337. The van der Waals surface area contributed by atoms with Crippen molar-refractivity contribution >= 4 is 11.3 Å². The first-order chi connectivity index (χ1) is 6.81. The fraction of sp³-hybridized carbons (Fsp3) is 0.778. The maximum atomic E-state index is 4.99. The number of rotatable bonds is 6. The van der Waals surface area contributed by atoms with Crippen molar-refractivity contribution < 1.29 is 4.74 Å². The van der Waals surface area contributed by atoms with Crippen LogP contribution in [0.1, 0.15) is 29.4 Å². The third kappa shape index (κ3) is 3.01. The topological polar surface area (TPSA) is 47.0 Å². The van der Waals surface area contributed by atoms with Crippen molar-refractivity contribution in [3.8, 4) is 0 Å². The molecule has 1 atom stereocenters. The monoisotopic (exact) mass is 215 g/mol. The molecule has 0 bridgehead atoms. The molecule has 1 N–H and O–H groups in total. The van der Waals surface area contributed by atoms with Crippen LogP contribution in [0.2, 0.25) is 0 Å². The van der Waals surface area contributed by atoms with Crippen molar-refractivity contribution in [2.45, 2.75) is 25.8 Å². The van der Waals surface area contributed by atoms with Gasteiger partial charge in [-0.3, -0.25) is 0 Å². The molecule has 0 radical (unpaired) electrons. The highest BCUT2D eigenvalue weighted by molar-refractivity contribution is 7.11. The molecule has 14 heavy (non-hydrogen) atoms. The van der Waals surface area contributed by atoms with Crippen LogP contribution in [0.25, 0.3) is 0 Å². The van der Waals surface area contributed by atoms with Crippen LogP contribution in [0.5, 0.6) is 0 Å². The molecule has 4 nitrogen and oxygen atoms in total. The highest BCUT2D eigenvalue weighted by Crippen LogP contribution is 2.20. The molecule has 5 heteroatoms. The summed E-state index contributed by atoms with van der Waals surface area (Å²) < 4.78 is 4.99. The van der Waals surface area contributed by atoms with Gasteiger partial charge in [0.25, 0.3) is 0 Å². The summed E-state index contributed by atoms with van der Waals surface area (Å²) in [6.07, 6.45) is 1.89. The van der Waals surface area contributed by atoms with E-state index in [4.69, 9.17) is 4.74 Å². The van der Waals surface area contributed by atoms with Gasteiger partial charge in [0.1, 0.15) is 10.0 Å². The van der Waals surface area contributed by atoms with Crippen LogP contribution in [0.3, 0.4) is 0 Å². The summed E-state index contributed by atoms with van der Waals surface area (Å²) in [6, 6.07) is 0.337.